The molecule has 1 aliphatic rings. The third-order valence-electron chi connectivity index (χ3n) is 8.23. The van der Waals surface area contributed by atoms with Crippen LogP contribution in [-0.4, -0.2) is 61.5 Å². The van der Waals surface area contributed by atoms with Gasteiger partial charge >= 0.3 is 5.97 Å². The fourth-order valence-electron chi connectivity index (χ4n) is 5.83. The maximum absolute atomic E-state index is 13.0. The number of rotatable bonds is 26. The zero-order chi connectivity index (χ0) is 27.8. The van der Waals surface area contributed by atoms with Gasteiger partial charge in [-0.15, -0.1) is 0 Å². The van der Waals surface area contributed by atoms with E-state index in [-0.39, 0.29) is 23.8 Å². The number of amides is 1. The van der Waals surface area contributed by atoms with Crippen molar-refractivity contribution >= 4 is 11.9 Å². The van der Waals surface area contributed by atoms with Crippen LogP contribution in [0, 0.1) is 5.92 Å². The summed E-state index contributed by atoms with van der Waals surface area (Å²) < 4.78 is 5.66. The van der Waals surface area contributed by atoms with E-state index >= 15 is 0 Å². The summed E-state index contributed by atoms with van der Waals surface area (Å²) in [7, 11) is 4.06. The van der Waals surface area contributed by atoms with Crippen LogP contribution in [-0.2, 0) is 14.3 Å². The fourth-order valence-corrected chi connectivity index (χ4v) is 5.83. The van der Waals surface area contributed by atoms with Crippen LogP contribution in [0.5, 0.6) is 0 Å². The minimum Gasteiger partial charge on any atom is -0.465 e. The number of carbonyl (C=O) groups is 2. The van der Waals surface area contributed by atoms with Crippen LogP contribution in [0.4, 0.5) is 0 Å². The third kappa shape index (κ3) is 16.8. The van der Waals surface area contributed by atoms with Crippen LogP contribution < -0.4 is 0 Å². The number of likely N-dealkylation sites (tertiary alicyclic amines) is 1. The molecule has 1 aliphatic heterocycles. The van der Waals surface area contributed by atoms with E-state index < -0.39 is 0 Å². The molecule has 1 amide bonds. The highest BCUT2D eigenvalue weighted by Crippen LogP contribution is 2.31. The fraction of sp³-hybridized carbons (Fsp3) is 0.939. The lowest BCUT2D eigenvalue weighted by Gasteiger charge is -2.28. The largest absolute Gasteiger partial charge is 0.465 e. The number of carbonyl (C=O) groups excluding carboxylic acids is 2. The molecule has 2 atom stereocenters. The van der Waals surface area contributed by atoms with Gasteiger partial charge in [-0.25, -0.2) is 0 Å². The quantitative estimate of drug-likeness (QED) is 0.0821. The highest BCUT2D eigenvalue weighted by molar-refractivity contribution is 5.87. The maximum atomic E-state index is 13.0. The van der Waals surface area contributed by atoms with E-state index in [0.29, 0.717) is 13.0 Å². The Morgan fingerprint density at radius 2 is 1.21 bits per heavy atom. The van der Waals surface area contributed by atoms with Crippen molar-refractivity contribution in [1.82, 2.24) is 9.80 Å². The summed E-state index contributed by atoms with van der Waals surface area (Å²) in [5, 5.41) is 0. The van der Waals surface area contributed by atoms with Crippen LogP contribution in [0.2, 0.25) is 0 Å². The summed E-state index contributed by atoms with van der Waals surface area (Å²) in [5.74, 6) is -0.264. The number of hydrogen-bond donors (Lipinski definition) is 0. The van der Waals surface area contributed by atoms with Crippen molar-refractivity contribution in [2.24, 2.45) is 5.92 Å². The van der Waals surface area contributed by atoms with Crippen LogP contribution in [0.15, 0.2) is 0 Å². The zero-order valence-corrected chi connectivity index (χ0v) is 26.0. The molecule has 0 aromatic rings. The van der Waals surface area contributed by atoms with Crippen molar-refractivity contribution in [1.29, 1.82) is 0 Å². The minimum atomic E-state index is -0.279. The summed E-state index contributed by atoms with van der Waals surface area (Å²) in [6, 6.07) is 0.0342. The average molecular weight is 537 g/mol. The van der Waals surface area contributed by atoms with Crippen LogP contribution in [0.3, 0.4) is 0 Å². The molecule has 5 nitrogen and oxygen atoms in total. The topological polar surface area (TPSA) is 49.9 Å². The first-order chi connectivity index (χ1) is 18.5. The molecule has 0 N–H and O–H groups in total. The van der Waals surface area contributed by atoms with Gasteiger partial charge in [-0.2, -0.15) is 0 Å². The summed E-state index contributed by atoms with van der Waals surface area (Å²) >= 11 is 0. The Bertz CT molecular complexity index is 581. The van der Waals surface area contributed by atoms with Crippen LogP contribution >= 0.6 is 0 Å². The van der Waals surface area contributed by atoms with Crippen molar-refractivity contribution in [3.63, 3.8) is 0 Å². The minimum absolute atomic E-state index is 0.0342. The molecule has 0 saturated carbocycles. The van der Waals surface area contributed by atoms with Crippen molar-refractivity contribution in [3.8, 4) is 0 Å². The molecule has 0 bridgehead atoms. The molecule has 38 heavy (non-hydrogen) atoms. The molecule has 1 heterocycles. The average Bonchev–Trinajstić information content (AvgIpc) is 3.21. The summed E-state index contributed by atoms with van der Waals surface area (Å²) in [4.78, 5) is 30.1. The molecule has 0 aromatic carbocycles. The van der Waals surface area contributed by atoms with Gasteiger partial charge in [0.05, 0.1) is 12.5 Å². The summed E-state index contributed by atoms with van der Waals surface area (Å²) in [5.41, 5.74) is 0. The first kappa shape index (κ1) is 34.9. The van der Waals surface area contributed by atoms with Crippen molar-refractivity contribution < 1.29 is 14.3 Å². The van der Waals surface area contributed by atoms with Gasteiger partial charge in [0.1, 0.15) is 0 Å². The number of unbranched alkanes of at least 4 members (excludes halogenated alkanes) is 17. The Morgan fingerprint density at radius 1 is 0.737 bits per heavy atom. The molecule has 0 spiro atoms. The first-order valence-electron chi connectivity index (χ1n) is 16.6. The normalized spacial score (nSPS) is 17.6. The van der Waals surface area contributed by atoms with Gasteiger partial charge in [0.25, 0.3) is 0 Å². The number of esters is 1. The molecule has 0 aromatic heterocycles. The predicted molar refractivity (Wildman–Crippen MR) is 161 cm³/mol. The molecule has 1 rings (SSSR count). The monoisotopic (exact) mass is 536 g/mol. The number of hydrogen-bond acceptors (Lipinski definition) is 4. The van der Waals surface area contributed by atoms with Crippen LogP contribution in [0.1, 0.15) is 155 Å². The van der Waals surface area contributed by atoms with Crippen molar-refractivity contribution in [2.45, 2.75) is 161 Å². The molecule has 0 aliphatic carbocycles. The smallest absolute Gasteiger partial charge is 0.311 e. The van der Waals surface area contributed by atoms with Crippen LogP contribution in [0.25, 0.3) is 0 Å². The molecule has 1 saturated heterocycles. The third-order valence-corrected chi connectivity index (χ3v) is 8.23. The summed E-state index contributed by atoms with van der Waals surface area (Å²) in [6.45, 7) is 6.69. The second-order valence-corrected chi connectivity index (χ2v) is 12.1. The van der Waals surface area contributed by atoms with E-state index in [2.05, 4.69) is 23.6 Å². The van der Waals surface area contributed by atoms with Gasteiger partial charge in [0, 0.05) is 25.6 Å². The molecule has 0 unspecified atom stereocenters. The van der Waals surface area contributed by atoms with E-state index in [0.717, 1.165) is 38.8 Å². The highest BCUT2D eigenvalue weighted by atomic mass is 16.5. The van der Waals surface area contributed by atoms with Gasteiger partial charge in [0.15, 0.2) is 0 Å². The van der Waals surface area contributed by atoms with Gasteiger partial charge in [-0.3, -0.25) is 9.59 Å². The van der Waals surface area contributed by atoms with E-state index in [1.807, 2.05) is 14.1 Å². The van der Waals surface area contributed by atoms with E-state index in [1.165, 1.54) is 109 Å². The predicted octanol–water partition coefficient (Wildman–Crippen LogP) is 8.54. The van der Waals surface area contributed by atoms with Gasteiger partial charge in [-0.1, -0.05) is 129 Å². The highest BCUT2D eigenvalue weighted by Gasteiger charge is 2.43. The van der Waals surface area contributed by atoms with Crippen molar-refractivity contribution in [3.05, 3.63) is 0 Å². The van der Waals surface area contributed by atoms with E-state index in [9.17, 15) is 9.59 Å². The van der Waals surface area contributed by atoms with E-state index in [4.69, 9.17) is 4.74 Å². The van der Waals surface area contributed by atoms with E-state index in [1.54, 1.807) is 0 Å². The first-order valence-corrected chi connectivity index (χ1v) is 16.6. The van der Waals surface area contributed by atoms with Crippen molar-refractivity contribution in [2.75, 3.05) is 33.8 Å². The lowest BCUT2D eigenvalue weighted by Crippen LogP contribution is -2.38. The Hall–Kier alpha value is -1.10. The standard InChI is InChI=1S/C33H64N2O3/c1-5-7-9-11-13-15-17-19-21-23-27-35-31(25-22-20-18-16-14-12-10-8-6-2)30(29-32(35)36)33(37)38-28-24-26-34(3)4/h30-31H,5-29H2,1-4H3/t30-,31+/m0/s1. The summed E-state index contributed by atoms with van der Waals surface area (Å²) in [6.07, 6.45) is 26.7. The Labute approximate surface area is 236 Å². The zero-order valence-electron chi connectivity index (χ0n) is 26.0. The second kappa shape index (κ2) is 23.8. The molecule has 1 fully saturated rings. The molecule has 5 heteroatoms. The van der Waals surface area contributed by atoms with Gasteiger partial charge < -0.3 is 14.5 Å². The Kier molecular flexibility index (Phi) is 21.8. The Morgan fingerprint density at radius 3 is 1.71 bits per heavy atom. The number of nitrogens with zero attached hydrogens (tertiary/aromatic N) is 2. The SMILES string of the molecule is CCCCCCCCCCCCN1C(=O)C[C@H](C(=O)OCCCN(C)C)[C@H]1CCCCCCCCCCC. The van der Waals surface area contributed by atoms with Gasteiger partial charge in [0.2, 0.25) is 5.91 Å². The Balaban J connectivity index is 2.44. The van der Waals surface area contributed by atoms with Gasteiger partial charge in [-0.05, 0) is 33.4 Å². The second-order valence-electron chi connectivity index (χ2n) is 12.1. The number of ether oxygens (including phenoxy) is 1. The molecular weight excluding hydrogens is 472 g/mol. The lowest BCUT2D eigenvalue weighted by molar-refractivity contribution is -0.149. The lowest BCUT2D eigenvalue weighted by atomic mass is 9.94. The molecular formula is C33H64N2O3. The molecule has 0 radical (unpaired) electrons. The maximum Gasteiger partial charge on any atom is 0.311 e. The molecule has 224 valence electrons.